The number of hydrogen-bond donors (Lipinski definition) is 2. The van der Waals surface area contributed by atoms with Gasteiger partial charge in [-0.1, -0.05) is 0 Å². The normalized spacial score (nSPS) is 20.9. The monoisotopic (exact) mass is 270 g/mol. The third-order valence-corrected chi connectivity index (χ3v) is 2.62. The van der Waals surface area contributed by atoms with E-state index in [9.17, 15) is 4.79 Å². The molecule has 5 nitrogen and oxygen atoms in total. The molecule has 1 aromatic rings. The first-order valence-electron chi connectivity index (χ1n) is 4.77. The minimum Gasteiger partial charge on any atom is -0.354 e. The minimum atomic E-state index is -0.208. The Bertz CT molecular complexity index is 354. The van der Waals surface area contributed by atoms with Crippen LogP contribution in [-0.2, 0) is 4.79 Å². The molecule has 2 heterocycles. The second-order valence-electron chi connectivity index (χ2n) is 3.36. The predicted octanol–water partition coefficient (Wildman–Crippen LogP) is 0.930. The number of rotatable bonds is 2. The van der Waals surface area contributed by atoms with Crippen molar-refractivity contribution in [3.8, 4) is 0 Å². The van der Waals surface area contributed by atoms with Gasteiger partial charge in [-0.15, -0.1) is 0 Å². The van der Waals surface area contributed by atoms with Crippen LogP contribution in [0, 0.1) is 0 Å². The van der Waals surface area contributed by atoms with Crippen molar-refractivity contribution in [1.82, 2.24) is 15.3 Å². The number of carbonyl (C=O) groups is 1. The molecular weight excluding hydrogens is 260 g/mol. The fourth-order valence-corrected chi connectivity index (χ4v) is 1.66. The Labute approximate surface area is 95.8 Å². The van der Waals surface area contributed by atoms with E-state index in [-0.39, 0.29) is 11.9 Å². The van der Waals surface area contributed by atoms with Gasteiger partial charge in [0, 0.05) is 18.9 Å². The van der Waals surface area contributed by atoms with Crippen molar-refractivity contribution < 1.29 is 4.79 Å². The molecule has 1 aliphatic rings. The van der Waals surface area contributed by atoms with Gasteiger partial charge in [0.2, 0.25) is 11.9 Å². The molecule has 0 spiro atoms. The molecule has 0 aromatic carbocycles. The summed E-state index contributed by atoms with van der Waals surface area (Å²) < 4.78 is 0.821. The average molecular weight is 271 g/mol. The number of nitrogens with zero attached hydrogens (tertiary/aromatic N) is 2. The molecule has 1 unspecified atom stereocenters. The topological polar surface area (TPSA) is 66.9 Å². The molecule has 1 amide bonds. The summed E-state index contributed by atoms with van der Waals surface area (Å²) in [5.41, 5.74) is 0. The highest BCUT2D eigenvalue weighted by atomic mass is 79.9. The quantitative estimate of drug-likeness (QED) is 0.839. The van der Waals surface area contributed by atoms with Crippen molar-refractivity contribution in [2.45, 2.75) is 18.9 Å². The Kier molecular flexibility index (Phi) is 3.15. The predicted molar refractivity (Wildman–Crippen MR) is 59.4 cm³/mol. The third kappa shape index (κ3) is 2.65. The van der Waals surface area contributed by atoms with Gasteiger partial charge in [0.25, 0.3) is 0 Å². The second-order valence-corrected chi connectivity index (χ2v) is 4.27. The summed E-state index contributed by atoms with van der Waals surface area (Å²) >= 11 is 3.25. The van der Waals surface area contributed by atoms with E-state index in [0.717, 1.165) is 23.9 Å². The van der Waals surface area contributed by atoms with Gasteiger partial charge in [0.05, 0.1) is 4.47 Å². The van der Waals surface area contributed by atoms with Crippen LogP contribution in [0.3, 0.4) is 0 Å². The molecule has 2 N–H and O–H groups in total. The number of anilines is 1. The van der Waals surface area contributed by atoms with Gasteiger partial charge in [0.1, 0.15) is 6.04 Å². The van der Waals surface area contributed by atoms with Gasteiger partial charge in [-0.2, -0.15) is 0 Å². The molecular formula is C9H11BrN4O. The lowest BCUT2D eigenvalue weighted by molar-refractivity contribution is -0.123. The summed E-state index contributed by atoms with van der Waals surface area (Å²) in [6.45, 7) is 0.762. The number of amides is 1. The lowest BCUT2D eigenvalue weighted by atomic mass is 10.1. The molecule has 0 bridgehead atoms. The van der Waals surface area contributed by atoms with E-state index in [1.54, 1.807) is 12.4 Å². The maximum atomic E-state index is 11.4. The fraction of sp³-hybridized carbons (Fsp3) is 0.444. The van der Waals surface area contributed by atoms with Crippen molar-refractivity contribution in [1.29, 1.82) is 0 Å². The Morgan fingerprint density at radius 1 is 1.47 bits per heavy atom. The number of halogens is 1. The molecule has 1 atom stereocenters. The van der Waals surface area contributed by atoms with Crippen LogP contribution < -0.4 is 10.6 Å². The Balaban J connectivity index is 2.01. The van der Waals surface area contributed by atoms with Crippen LogP contribution in [0.25, 0.3) is 0 Å². The van der Waals surface area contributed by atoms with Crippen molar-refractivity contribution >= 4 is 27.8 Å². The standard InChI is InChI=1S/C9H11BrN4O/c10-6-4-12-9(13-5-6)14-7-2-1-3-11-8(7)15/h4-5,7H,1-3H2,(H,11,15)(H,12,13,14). The smallest absolute Gasteiger partial charge is 0.242 e. The SMILES string of the molecule is O=C1NCCCC1Nc1ncc(Br)cn1. The Morgan fingerprint density at radius 3 is 2.87 bits per heavy atom. The van der Waals surface area contributed by atoms with Gasteiger partial charge in [0.15, 0.2) is 0 Å². The molecule has 0 saturated carbocycles. The summed E-state index contributed by atoms with van der Waals surface area (Å²) in [6, 6.07) is -0.208. The van der Waals surface area contributed by atoms with E-state index in [4.69, 9.17) is 0 Å². The highest BCUT2D eigenvalue weighted by Gasteiger charge is 2.22. The molecule has 1 aliphatic heterocycles. The first-order chi connectivity index (χ1) is 7.25. The number of hydrogen-bond acceptors (Lipinski definition) is 4. The zero-order valence-electron chi connectivity index (χ0n) is 8.03. The van der Waals surface area contributed by atoms with Crippen LogP contribution in [0.2, 0.25) is 0 Å². The summed E-state index contributed by atoms with van der Waals surface area (Å²) in [7, 11) is 0. The number of piperidine rings is 1. The maximum Gasteiger partial charge on any atom is 0.242 e. The number of carbonyl (C=O) groups excluding carboxylic acids is 1. The minimum absolute atomic E-state index is 0.0211. The first kappa shape index (κ1) is 10.4. The molecule has 1 fully saturated rings. The van der Waals surface area contributed by atoms with Crippen LogP contribution in [0.1, 0.15) is 12.8 Å². The van der Waals surface area contributed by atoms with E-state index >= 15 is 0 Å². The van der Waals surface area contributed by atoms with E-state index in [1.165, 1.54) is 0 Å². The zero-order chi connectivity index (χ0) is 10.7. The van der Waals surface area contributed by atoms with Gasteiger partial charge < -0.3 is 10.6 Å². The van der Waals surface area contributed by atoms with Crippen LogP contribution >= 0.6 is 15.9 Å². The Hall–Kier alpha value is -1.17. The molecule has 0 aliphatic carbocycles. The third-order valence-electron chi connectivity index (χ3n) is 2.21. The Morgan fingerprint density at radius 2 is 2.20 bits per heavy atom. The lowest BCUT2D eigenvalue weighted by Crippen LogP contribution is -2.44. The average Bonchev–Trinajstić information content (AvgIpc) is 2.25. The summed E-state index contributed by atoms with van der Waals surface area (Å²) in [5.74, 6) is 0.507. The molecule has 0 radical (unpaired) electrons. The molecule has 80 valence electrons. The molecule has 6 heteroatoms. The van der Waals surface area contributed by atoms with Gasteiger partial charge in [-0.3, -0.25) is 4.79 Å². The van der Waals surface area contributed by atoms with Crippen LogP contribution in [0.4, 0.5) is 5.95 Å². The highest BCUT2D eigenvalue weighted by molar-refractivity contribution is 9.10. The van der Waals surface area contributed by atoms with E-state index in [1.807, 2.05) is 0 Å². The van der Waals surface area contributed by atoms with Crippen LogP contribution in [0.5, 0.6) is 0 Å². The lowest BCUT2D eigenvalue weighted by Gasteiger charge is -2.22. The second kappa shape index (κ2) is 4.57. The molecule has 15 heavy (non-hydrogen) atoms. The van der Waals surface area contributed by atoms with E-state index < -0.39 is 0 Å². The largest absolute Gasteiger partial charge is 0.354 e. The summed E-state index contributed by atoms with van der Waals surface area (Å²) in [5, 5.41) is 5.80. The van der Waals surface area contributed by atoms with Gasteiger partial charge >= 0.3 is 0 Å². The fourth-order valence-electron chi connectivity index (χ4n) is 1.45. The maximum absolute atomic E-state index is 11.4. The van der Waals surface area contributed by atoms with E-state index in [2.05, 4.69) is 36.5 Å². The zero-order valence-corrected chi connectivity index (χ0v) is 9.62. The van der Waals surface area contributed by atoms with Crippen molar-refractivity contribution in [2.75, 3.05) is 11.9 Å². The van der Waals surface area contributed by atoms with Gasteiger partial charge in [-0.05, 0) is 28.8 Å². The van der Waals surface area contributed by atoms with Crippen molar-refractivity contribution in [3.63, 3.8) is 0 Å². The first-order valence-corrected chi connectivity index (χ1v) is 5.57. The van der Waals surface area contributed by atoms with Crippen molar-refractivity contribution in [3.05, 3.63) is 16.9 Å². The van der Waals surface area contributed by atoms with Gasteiger partial charge in [-0.25, -0.2) is 9.97 Å². The number of aromatic nitrogens is 2. The summed E-state index contributed by atoms with van der Waals surface area (Å²) in [4.78, 5) is 19.5. The van der Waals surface area contributed by atoms with Crippen molar-refractivity contribution in [2.24, 2.45) is 0 Å². The highest BCUT2D eigenvalue weighted by Crippen LogP contribution is 2.11. The summed E-state index contributed by atoms with van der Waals surface area (Å²) in [6.07, 6.45) is 5.11. The van der Waals surface area contributed by atoms with E-state index in [0.29, 0.717) is 5.95 Å². The van der Waals surface area contributed by atoms with Crippen LogP contribution in [0.15, 0.2) is 16.9 Å². The number of nitrogens with one attached hydrogen (secondary N) is 2. The molecule has 1 aromatic heterocycles. The van der Waals surface area contributed by atoms with Crippen LogP contribution in [-0.4, -0.2) is 28.5 Å². The molecule has 2 rings (SSSR count). The molecule has 1 saturated heterocycles.